The van der Waals surface area contributed by atoms with Gasteiger partial charge in [0.1, 0.15) is 0 Å². The number of fused-ring (bicyclic) bond motifs is 2. The van der Waals surface area contributed by atoms with Gasteiger partial charge >= 0.3 is 0 Å². The molecule has 2 atom stereocenters. The molecular weight excluding hydrogens is 324 g/mol. The van der Waals surface area contributed by atoms with Crippen LogP contribution in [0.3, 0.4) is 0 Å². The highest BCUT2D eigenvalue weighted by atomic mass is 32.2. The highest BCUT2D eigenvalue weighted by Crippen LogP contribution is 2.61. The number of carbonyl (C=O) groups is 1. The Balaban J connectivity index is 1.54. The Labute approximate surface area is 140 Å². The van der Waals surface area contributed by atoms with Crippen LogP contribution in [0.15, 0.2) is 53.4 Å². The minimum atomic E-state index is -3.78. The molecule has 0 aromatic heterocycles. The van der Waals surface area contributed by atoms with Crippen molar-refractivity contribution in [1.29, 1.82) is 0 Å². The first kappa shape index (κ1) is 15.4. The van der Waals surface area contributed by atoms with Crippen molar-refractivity contribution in [2.24, 2.45) is 11.1 Å². The van der Waals surface area contributed by atoms with Gasteiger partial charge in [0.15, 0.2) is 0 Å². The second-order valence-electron chi connectivity index (χ2n) is 6.63. The van der Waals surface area contributed by atoms with Crippen LogP contribution in [0.5, 0.6) is 0 Å². The van der Waals surface area contributed by atoms with Gasteiger partial charge in [0.05, 0.1) is 4.90 Å². The van der Waals surface area contributed by atoms with Gasteiger partial charge in [-0.05, 0) is 48.6 Å². The predicted molar refractivity (Wildman–Crippen MR) is 91.0 cm³/mol. The summed E-state index contributed by atoms with van der Waals surface area (Å²) < 4.78 is 22.8. The van der Waals surface area contributed by atoms with Crippen LogP contribution in [0.2, 0.25) is 0 Å². The first-order valence-corrected chi connectivity index (χ1v) is 9.47. The predicted octanol–water partition coefficient (Wildman–Crippen LogP) is 2.18. The van der Waals surface area contributed by atoms with E-state index in [0.717, 1.165) is 19.3 Å². The summed E-state index contributed by atoms with van der Waals surface area (Å²) in [4.78, 5) is 12.6. The zero-order valence-electron chi connectivity index (χ0n) is 13.0. The molecule has 0 aliphatic heterocycles. The molecule has 24 heavy (non-hydrogen) atoms. The number of carbonyl (C=O) groups excluding carboxylic acids is 1. The molecule has 1 spiro atoms. The lowest BCUT2D eigenvalue weighted by atomic mass is 9.95. The van der Waals surface area contributed by atoms with E-state index >= 15 is 0 Å². The summed E-state index contributed by atoms with van der Waals surface area (Å²) in [6, 6.07) is 14.4. The van der Waals surface area contributed by atoms with Gasteiger partial charge in [0, 0.05) is 17.0 Å². The average Bonchev–Trinajstić information content (AvgIpc) is 3.17. The lowest BCUT2D eigenvalue weighted by Crippen LogP contribution is -2.20. The number of rotatable bonds is 3. The SMILES string of the molecule is NS(=O)(=O)c1cccc(NC(=O)[C@@H]2C[C@@]23CCc2ccccc23)c1. The van der Waals surface area contributed by atoms with E-state index in [2.05, 4.69) is 17.4 Å². The molecule has 2 aromatic carbocycles. The minimum Gasteiger partial charge on any atom is -0.326 e. The van der Waals surface area contributed by atoms with E-state index in [-0.39, 0.29) is 22.1 Å². The zero-order valence-corrected chi connectivity index (χ0v) is 13.8. The van der Waals surface area contributed by atoms with Crippen LogP contribution in [0, 0.1) is 5.92 Å². The maximum absolute atomic E-state index is 12.6. The van der Waals surface area contributed by atoms with Gasteiger partial charge < -0.3 is 5.32 Å². The molecule has 0 radical (unpaired) electrons. The molecule has 2 aliphatic carbocycles. The number of sulfonamides is 1. The molecule has 6 heteroatoms. The number of nitrogens with two attached hydrogens (primary N) is 1. The normalized spacial score (nSPS) is 24.6. The molecule has 1 fully saturated rings. The van der Waals surface area contributed by atoms with Crippen LogP contribution in [0.25, 0.3) is 0 Å². The van der Waals surface area contributed by atoms with Gasteiger partial charge in [-0.1, -0.05) is 30.3 Å². The Bertz CT molecular complexity index is 939. The van der Waals surface area contributed by atoms with Crippen molar-refractivity contribution in [2.45, 2.75) is 29.6 Å². The van der Waals surface area contributed by atoms with Gasteiger partial charge in [-0.25, -0.2) is 13.6 Å². The molecule has 1 amide bonds. The maximum Gasteiger partial charge on any atom is 0.238 e. The summed E-state index contributed by atoms with van der Waals surface area (Å²) in [7, 11) is -3.78. The lowest BCUT2D eigenvalue weighted by molar-refractivity contribution is -0.117. The Morgan fingerprint density at radius 1 is 1.17 bits per heavy atom. The standard InChI is InChI=1S/C18H18N2O3S/c19-24(22,23)14-6-3-5-13(10-14)20-17(21)16-11-18(16)9-8-12-4-1-2-7-15(12)18/h1-7,10,16H,8-9,11H2,(H,20,21)(H2,19,22,23)/t16-,18+/m0/s1. The van der Waals surface area contributed by atoms with Gasteiger partial charge in [0.25, 0.3) is 0 Å². The Kier molecular flexibility index (Phi) is 3.30. The molecule has 0 bridgehead atoms. The van der Waals surface area contributed by atoms with Crippen LogP contribution in [-0.2, 0) is 26.7 Å². The van der Waals surface area contributed by atoms with Gasteiger partial charge in [0.2, 0.25) is 15.9 Å². The van der Waals surface area contributed by atoms with E-state index in [4.69, 9.17) is 5.14 Å². The third-order valence-electron chi connectivity index (χ3n) is 5.22. The van der Waals surface area contributed by atoms with E-state index in [9.17, 15) is 13.2 Å². The molecule has 124 valence electrons. The molecule has 5 nitrogen and oxygen atoms in total. The van der Waals surface area contributed by atoms with Gasteiger partial charge in [-0.2, -0.15) is 0 Å². The van der Waals surface area contributed by atoms with E-state index in [0.29, 0.717) is 5.69 Å². The first-order valence-electron chi connectivity index (χ1n) is 7.92. The van der Waals surface area contributed by atoms with Crippen molar-refractivity contribution in [3.63, 3.8) is 0 Å². The smallest absolute Gasteiger partial charge is 0.238 e. The average molecular weight is 342 g/mol. The van der Waals surface area contributed by atoms with E-state index < -0.39 is 10.0 Å². The topological polar surface area (TPSA) is 89.3 Å². The fourth-order valence-electron chi connectivity index (χ4n) is 3.92. The number of nitrogens with one attached hydrogen (secondary N) is 1. The molecule has 2 aliphatic rings. The molecule has 4 rings (SSSR count). The highest BCUT2D eigenvalue weighted by molar-refractivity contribution is 7.89. The van der Waals surface area contributed by atoms with E-state index in [1.54, 1.807) is 12.1 Å². The lowest BCUT2D eigenvalue weighted by Gasteiger charge is -2.12. The Morgan fingerprint density at radius 3 is 2.75 bits per heavy atom. The van der Waals surface area contributed by atoms with Gasteiger partial charge in [-0.3, -0.25) is 4.79 Å². The van der Waals surface area contributed by atoms with Crippen LogP contribution < -0.4 is 10.5 Å². The molecule has 0 unspecified atom stereocenters. The number of benzene rings is 2. The second kappa shape index (κ2) is 5.16. The number of primary sulfonamides is 1. The summed E-state index contributed by atoms with van der Waals surface area (Å²) in [5.74, 6) is -0.113. The van der Waals surface area contributed by atoms with E-state index in [1.807, 2.05) is 12.1 Å². The van der Waals surface area contributed by atoms with E-state index in [1.165, 1.54) is 23.3 Å². The van der Waals surface area contributed by atoms with Crippen LogP contribution in [-0.4, -0.2) is 14.3 Å². The van der Waals surface area contributed by atoms with Crippen molar-refractivity contribution >= 4 is 21.6 Å². The zero-order chi connectivity index (χ0) is 16.9. The summed E-state index contributed by atoms with van der Waals surface area (Å²) in [5.41, 5.74) is 3.06. The summed E-state index contributed by atoms with van der Waals surface area (Å²) in [6.07, 6.45) is 2.87. The maximum atomic E-state index is 12.6. The summed E-state index contributed by atoms with van der Waals surface area (Å²) in [5, 5.41) is 7.98. The van der Waals surface area contributed by atoms with Gasteiger partial charge in [-0.15, -0.1) is 0 Å². The van der Waals surface area contributed by atoms with Crippen LogP contribution in [0.1, 0.15) is 24.0 Å². The number of amides is 1. The highest BCUT2D eigenvalue weighted by Gasteiger charge is 2.61. The van der Waals surface area contributed by atoms with Crippen molar-refractivity contribution in [1.82, 2.24) is 0 Å². The summed E-state index contributed by atoms with van der Waals surface area (Å²) in [6.45, 7) is 0. The second-order valence-corrected chi connectivity index (χ2v) is 8.19. The fourth-order valence-corrected chi connectivity index (χ4v) is 4.48. The number of aryl methyl sites for hydroxylation is 1. The number of hydrogen-bond acceptors (Lipinski definition) is 3. The Morgan fingerprint density at radius 2 is 1.96 bits per heavy atom. The van der Waals surface area contributed by atoms with Crippen LogP contribution >= 0.6 is 0 Å². The van der Waals surface area contributed by atoms with Crippen molar-refractivity contribution < 1.29 is 13.2 Å². The molecule has 2 aromatic rings. The van der Waals surface area contributed by atoms with Crippen molar-refractivity contribution in [3.05, 3.63) is 59.7 Å². The van der Waals surface area contributed by atoms with Crippen molar-refractivity contribution in [3.8, 4) is 0 Å². The van der Waals surface area contributed by atoms with Crippen LogP contribution in [0.4, 0.5) is 5.69 Å². The Hall–Kier alpha value is -2.18. The monoisotopic (exact) mass is 342 g/mol. The molecular formula is C18H18N2O3S. The minimum absolute atomic E-state index is 0.00276. The molecule has 0 heterocycles. The fraction of sp³-hybridized carbons (Fsp3) is 0.278. The summed E-state index contributed by atoms with van der Waals surface area (Å²) >= 11 is 0. The third kappa shape index (κ3) is 2.42. The first-order chi connectivity index (χ1) is 11.4. The molecule has 3 N–H and O–H groups in total. The molecule has 0 saturated heterocycles. The number of anilines is 1. The number of hydrogen-bond donors (Lipinski definition) is 2. The molecule has 1 saturated carbocycles. The quantitative estimate of drug-likeness (QED) is 0.896. The third-order valence-corrected chi connectivity index (χ3v) is 6.13. The largest absolute Gasteiger partial charge is 0.326 e. The van der Waals surface area contributed by atoms with Crippen molar-refractivity contribution in [2.75, 3.05) is 5.32 Å².